The van der Waals surface area contributed by atoms with Gasteiger partial charge in [0, 0.05) is 12.7 Å². The van der Waals surface area contributed by atoms with E-state index in [-0.39, 0.29) is 30.7 Å². The summed E-state index contributed by atoms with van der Waals surface area (Å²) < 4.78 is 11.2. The molecular weight excluding hydrogens is 380 g/mol. The van der Waals surface area contributed by atoms with Crippen LogP contribution in [0.3, 0.4) is 0 Å². The van der Waals surface area contributed by atoms with Gasteiger partial charge in [0.25, 0.3) is 5.91 Å². The molecule has 156 valence electrons. The highest BCUT2D eigenvalue weighted by Crippen LogP contribution is 2.22. The van der Waals surface area contributed by atoms with Crippen molar-refractivity contribution < 1.29 is 18.7 Å². The Labute approximate surface area is 176 Å². The fraction of sp³-hybridized carbons (Fsp3) is 0.250. The maximum Gasteiger partial charge on any atom is 0.289 e. The number of nitrogens with zero attached hydrogens (tertiary/aromatic N) is 1. The molecule has 0 aliphatic rings. The number of carbonyl (C=O) groups excluding carboxylic acids is 2. The lowest BCUT2D eigenvalue weighted by atomic mass is 10.1. The fourth-order valence-corrected chi connectivity index (χ4v) is 3.27. The number of furan rings is 1. The van der Waals surface area contributed by atoms with E-state index < -0.39 is 0 Å². The summed E-state index contributed by atoms with van der Waals surface area (Å²) in [6.45, 7) is 6.05. The highest BCUT2D eigenvalue weighted by atomic mass is 16.5. The number of hydrogen-bond acceptors (Lipinski definition) is 4. The van der Waals surface area contributed by atoms with Crippen molar-refractivity contribution in [3.63, 3.8) is 0 Å². The van der Waals surface area contributed by atoms with Crippen molar-refractivity contribution in [2.45, 2.75) is 27.4 Å². The van der Waals surface area contributed by atoms with Crippen LogP contribution in [0.25, 0.3) is 0 Å². The van der Waals surface area contributed by atoms with E-state index >= 15 is 0 Å². The Bertz CT molecular complexity index is 1020. The average molecular weight is 406 g/mol. The third-order valence-electron chi connectivity index (χ3n) is 4.67. The predicted octanol–water partition coefficient (Wildman–Crippen LogP) is 4.49. The number of aryl methyl sites for hydroxylation is 3. The monoisotopic (exact) mass is 406 g/mol. The van der Waals surface area contributed by atoms with Gasteiger partial charge in [-0.25, -0.2) is 0 Å². The molecule has 30 heavy (non-hydrogen) atoms. The number of ether oxygens (including phenoxy) is 1. The molecule has 2 aromatic carbocycles. The van der Waals surface area contributed by atoms with Crippen molar-refractivity contribution >= 4 is 17.5 Å². The summed E-state index contributed by atoms with van der Waals surface area (Å²) in [6, 6.07) is 16.7. The van der Waals surface area contributed by atoms with Crippen LogP contribution in [0.1, 0.15) is 33.0 Å². The summed E-state index contributed by atoms with van der Waals surface area (Å²) in [6.07, 6.45) is 0. The molecule has 0 unspecified atom stereocenters. The lowest BCUT2D eigenvalue weighted by molar-refractivity contribution is -0.116. The van der Waals surface area contributed by atoms with Gasteiger partial charge in [-0.15, -0.1) is 0 Å². The Morgan fingerprint density at radius 2 is 1.67 bits per heavy atom. The standard InChI is InChI=1S/C24H26N2O4/c1-16-12-17(2)23(18(3)13-16)25-22(27)14-26(4)24(28)21-11-10-20(30-21)15-29-19-8-6-5-7-9-19/h5-13H,14-15H2,1-4H3,(H,25,27). The van der Waals surface area contributed by atoms with E-state index in [9.17, 15) is 9.59 Å². The summed E-state index contributed by atoms with van der Waals surface area (Å²) in [5, 5.41) is 2.90. The minimum Gasteiger partial charge on any atom is -0.486 e. The zero-order valence-corrected chi connectivity index (χ0v) is 17.7. The molecule has 0 aliphatic carbocycles. The summed E-state index contributed by atoms with van der Waals surface area (Å²) in [5.74, 6) is 0.788. The maximum absolute atomic E-state index is 12.6. The van der Waals surface area contributed by atoms with Gasteiger partial charge in [-0.2, -0.15) is 0 Å². The van der Waals surface area contributed by atoms with E-state index in [4.69, 9.17) is 9.15 Å². The fourth-order valence-electron chi connectivity index (χ4n) is 3.27. The third-order valence-corrected chi connectivity index (χ3v) is 4.67. The Morgan fingerprint density at radius 3 is 2.33 bits per heavy atom. The Kier molecular flexibility index (Phi) is 6.57. The normalized spacial score (nSPS) is 10.5. The lowest BCUT2D eigenvalue weighted by Crippen LogP contribution is -2.35. The first-order valence-electron chi connectivity index (χ1n) is 9.73. The van der Waals surface area contributed by atoms with E-state index in [0.29, 0.717) is 5.76 Å². The van der Waals surface area contributed by atoms with Crippen LogP contribution in [0, 0.1) is 20.8 Å². The minimum atomic E-state index is -0.367. The summed E-state index contributed by atoms with van der Waals surface area (Å²) in [5.41, 5.74) is 3.90. The largest absolute Gasteiger partial charge is 0.486 e. The summed E-state index contributed by atoms with van der Waals surface area (Å²) >= 11 is 0. The van der Waals surface area contributed by atoms with Gasteiger partial charge in [-0.3, -0.25) is 9.59 Å². The lowest BCUT2D eigenvalue weighted by Gasteiger charge is -2.17. The number of hydrogen-bond donors (Lipinski definition) is 1. The van der Waals surface area contributed by atoms with Crippen molar-refractivity contribution in [1.82, 2.24) is 4.90 Å². The average Bonchev–Trinajstić information content (AvgIpc) is 3.18. The number of rotatable bonds is 7. The molecule has 0 aliphatic heterocycles. The topological polar surface area (TPSA) is 71.8 Å². The molecule has 1 heterocycles. The number of nitrogens with one attached hydrogen (secondary N) is 1. The van der Waals surface area contributed by atoms with E-state index in [2.05, 4.69) is 5.32 Å². The highest BCUT2D eigenvalue weighted by Gasteiger charge is 2.19. The van der Waals surface area contributed by atoms with Crippen LogP contribution in [0.5, 0.6) is 5.75 Å². The van der Waals surface area contributed by atoms with Crippen molar-refractivity contribution in [2.24, 2.45) is 0 Å². The molecule has 6 heteroatoms. The van der Waals surface area contributed by atoms with Gasteiger partial charge >= 0.3 is 0 Å². The number of carbonyl (C=O) groups is 2. The Morgan fingerprint density at radius 1 is 1.00 bits per heavy atom. The molecule has 3 rings (SSSR count). The van der Waals surface area contributed by atoms with Gasteiger partial charge in [0.1, 0.15) is 18.1 Å². The van der Waals surface area contributed by atoms with Gasteiger partial charge in [-0.05, 0) is 56.2 Å². The molecule has 0 saturated heterocycles. The van der Waals surface area contributed by atoms with Crippen LogP contribution in [0.2, 0.25) is 0 Å². The first-order chi connectivity index (χ1) is 14.3. The van der Waals surface area contributed by atoms with Crippen molar-refractivity contribution in [1.29, 1.82) is 0 Å². The minimum absolute atomic E-state index is 0.0812. The second kappa shape index (κ2) is 9.31. The zero-order chi connectivity index (χ0) is 21.7. The van der Waals surface area contributed by atoms with Crippen LogP contribution >= 0.6 is 0 Å². The van der Waals surface area contributed by atoms with Crippen molar-refractivity contribution in [2.75, 3.05) is 18.9 Å². The van der Waals surface area contributed by atoms with E-state index in [1.165, 1.54) is 4.90 Å². The van der Waals surface area contributed by atoms with E-state index in [0.717, 1.165) is 28.1 Å². The Hall–Kier alpha value is -3.54. The second-order valence-corrected chi connectivity index (χ2v) is 7.35. The maximum atomic E-state index is 12.6. The first kappa shape index (κ1) is 21.2. The number of likely N-dealkylation sites (N-methyl/N-ethyl adjacent to an activating group) is 1. The van der Waals surface area contributed by atoms with Gasteiger partial charge < -0.3 is 19.4 Å². The molecule has 0 atom stereocenters. The zero-order valence-electron chi connectivity index (χ0n) is 17.7. The molecule has 1 N–H and O–H groups in total. The molecule has 0 fully saturated rings. The van der Waals surface area contributed by atoms with Crippen LogP contribution in [-0.4, -0.2) is 30.3 Å². The molecule has 0 saturated carbocycles. The SMILES string of the molecule is Cc1cc(C)c(NC(=O)CN(C)C(=O)c2ccc(COc3ccccc3)o2)c(C)c1. The van der Waals surface area contributed by atoms with Crippen LogP contribution in [0.4, 0.5) is 5.69 Å². The number of benzene rings is 2. The molecule has 6 nitrogen and oxygen atoms in total. The van der Waals surface area contributed by atoms with Gasteiger partial charge in [-0.1, -0.05) is 35.9 Å². The summed E-state index contributed by atoms with van der Waals surface area (Å²) in [7, 11) is 1.57. The smallest absolute Gasteiger partial charge is 0.289 e. The molecule has 1 aromatic heterocycles. The van der Waals surface area contributed by atoms with Crippen LogP contribution in [-0.2, 0) is 11.4 Å². The summed E-state index contributed by atoms with van der Waals surface area (Å²) in [4.78, 5) is 26.4. The molecule has 0 bridgehead atoms. The molecule has 0 spiro atoms. The number of amides is 2. The molecule has 0 radical (unpaired) electrons. The predicted molar refractivity (Wildman–Crippen MR) is 116 cm³/mol. The number of anilines is 1. The first-order valence-corrected chi connectivity index (χ1v) is 9.73. The quantitative estimate of drug-likeness (QED) is 0.627. The Balaban J connectivity index is 1.57. The van der Waals surface area contributed by atoms with Gasteiger partial charge in [0.2, 0.25) is 5.91 Å². The molecule has 3 aromatic rings. The highest BCUT2D eigenvalue weighted by molar-refractivity contribution is 5.98. The third kappa shape index (κ3) is 5.29. The second-order valence-electron chi connectivity index (χ2n) is 7.35. The molecular formula is C24H26N2O4. The van der Waals surface area contributed by atoms with E-state index in [1.54, 1.807) is 19.2 Å². The molecule has 2 amide bonds. The van der Waals surface area contributed by atoms with Crippen LogP contribution in [0.15, 0.2) is 59.0 Å². The van der Waals surface area contributed by atoms with Gasteiger partial charge in [0.15, 0.2) is 5.76 Å². The van der Waals surface area contributed by atoms with Crippen LogP contribution < -0.4 is 10.1 Å². The van der Waals surface area contributed by atoms with Gasteiger partial charge in [0.05, 0.1) is 6.54 Å². The van der Waals surface area contributed by atoms with Crippen molar-refractivity contribution in [3.05, 3.63) is 82.8 Å². The number of para-hydroxylation sites is 1. The van der Waals surface area contributed by atoms with Crippen molar-refractivity contribution in [3.8, 4) is 5.75 Å². The van der Waals surface area contributed by atoms with E-state index in [1.807, 2.05) is 63.2 Å².